The minimum Gasteiger partial charge on any atom is -0.480 e. The maximum absolute atomic E-state index is 14.4. The molecule has 5 amide bonds. The molecule has 2 aromatic carbocycles. The van der Waals surface area contributed by atoms with Crippen molar-refractivity contribution >= 4 is 58.2 Å². The number of carbonyl (C=O) groups is 7. The van der Waals surface area contributed by atoms with E-state index in [1.807, 2.05) is 24.3 Å². The van der Waals surface area contributed by atoms with Gasteiger partial charge in [0, 0.05) is 68.2 Å². The van der Waals surface area contributed by atoms with Crippen LogP contribution in [-0.2, 0) is 46.4 Å². The summed E-state index contributed by atoms with van der Waals surface area (Å²) in [4.78, 5) is 104. The van der Waals surface area contributed by atoms with E-state index in [1.54, 1.807) is 43.5 Å². The van der Waals surface area contributed by atoms with Crippen molar-refractivity contribution < 1.29 is 43.8 Å². The molecule has 0 saturated carbocycles. The molecule has 2 fully saturated rings. The topological polar surface area (TPSA) is 292 Å². The molecule has 18 nitrogen and oxygen atoms in total. The first-order chi connectivity index (χ1) is 29.7. The van der Waals surface area contributed by atoms with E-state index in [0.717, 1.165) is 10.9 Å². The van der Waals surface area contributed by atoms with Gasteiger partial charge in [-0.05, 0) is 49.3 Å². The number of benzene rings is 2. The van der Waals surface area contributed by atoms with Crippen molar-refractivity contribution in [3.05, 3.63) is 71.9 Å². The zero-order valence-electron chi connectivity index (χ0n) is 35.0. The number of hydrogen-bond acceptors (Lipinski definition) is 9. The maximum Gasteiger partial charge on any atom is 0.326 e. The summed E-state index contributed by atoms with van der Waals surface area (Å²) in [6.45, 7) is 1.66. The van der Waals surface area contributed by atoms with Crippen LogP contribution < -0.4 is 32.7 Å². The number of nitrogens with zero attached hydrogens (tertiary/aromatic N) is 2. The van der Waals surface area contributed by atoms with Crippen LogP contribution in [0.3, 0.4) is 0 Å². The average Bonchev–Trinajstić information content (AvgIpc) is 3.85. The molecule has 3 heterocycles. The number of aliphatic hydroxyl groups is 1. The van der Waals surface area contributed by atoms with Crippen molar-refractivity contribution in [3.63, 3.8) is 0 Å². The predicted molar refractivity (Wildman–Crippen MR) is 230 cm³/mol. The number of aliphatic hydroxyl groups excluding tert-OH is 1. The van der Waals surface area contributed by atoms with E-state index in [2.05, 4.69) is 31.2 Å². The number of para-hydroxylation sites is 1. The molecule has 3 aromatic rings. The summed E-state index contributed by atoms with van der Waals surface area (Å²) in [5.74, 6) is -5.51. The highest BCUT2D eigenvalue weighted by Gasteiger charge is 2.42. The Labute approximate surface area is 360 Å². The number of carboxylic acid groups (broad SMARTS) is 1. The lowest BCUT2D eigenvalue weighted by atomic mass is 9.98. The Morgan fingerprint density at radius 1 is 0.790 bits per heavy atom. The monoisotopic (exact) mass is 857 g/mol. The zero-order chi connectivity index (χ0) is 44.8. The number of ketones is 1. The van der Waals surface area contributed by atoms with Crippen LogP contribution in [0.25, 0.3) is 10.9 Å². The van der Waals surface area contributed by atoms with Crippen molar-refractivity contribution in [2.24, 2.45) is 22.4 Å². The molecular weight excluding hydrogens is 799 g/mol. The van der Waals surface area contributed by atoms with E-state index >= 15 is 0 Å². The van der Waals surface area contributed by atoms with E-state index in [9.17, 15) is 43.8 Å². The molecule has 18 heteroatoms. The van der Waals surface area contributed by atoms with Gasteiger partial charge in [-0.15, -0.1) is 0 Å². The summed E-state index contributed by atoms with van der Waals surface area (Å²) < 4.78 is 0. The number of aliphatic carboxylic acids is 1. The number of nitrogens with two attached hydrogens (primary N) is 2. The molecule has 0 bridgehead atoms. The normalized spacial score (nSPS) is 25.5. The Morgan fingerprint density at radius 2 is 1.45 bits per heavy atom. The van der Waals surface area contributed by atoms with Crippen LogP contribution in [0, 0.1) is 5.92 Å². The van der Waals surface area contributed by atoms with Gasteiger partial charge in [-0.25, -0.2) is 4.79 Å². The number of Topliss-reactive ketones (excluding diaryl/α,β-unsaturated/α-hetero) is 1. The number of hydrogen-bond donors (Lipinski definition) is 9. The lowest BCUT2D eigenvalue weighted by Crippen LogP contribution is -2.59. The Hall–Kier alpha value is -6.30. The molecular formula is C44H59N9O9. The fourth-order valence-electron chi connectivity index (χ4n) is 7.97. The summed E-state index contributed by atoms with van der Waals surface area (Å²) in [6.07, 6.45) is 2.77. The quantitative estimate of drug-likeness (QED) is 0.0829. The molecule has 0 spiro atoms. The number of H-pyrrole nitrogens is 1. The SMILES string of the molecule is C[C@H]1CCC(=O)CCCCC[C@@H](C(=O)O)NC(=O)[C@H](Cc2c[nH]c3ccccc23)NC(=O)[C@H](CCCN=C(N)N)NC(=O)[C@@H](Cc2ccccc2)NC(=O)[C@@H]2C[C@@H](O)CN2C1=O. The minimum absolute atomic E-state index is 0.00296. The van der Waals surface area contributed by atoms with Crippen LogP contribution in [0.2, 0.25) is 0 Å². The van der Waals surface area contributed by atoms with Gasteiger partial charge in [0.05, 0.1) is 6.10 Å². The average molecular weight is 858 g/mol. The number of carboxylic acids is 1. The summed E-state index contributed by atoms with van der Waals surface area (Å²) >= 11 is 0. The molecule has 62 heavy (non-hydrogen) atoms. The molecule has 5 rings (SSSR count). The number of guanidine groups is 1. The standard InChI is InChI=1S/C44H59N9O9/c1-26-18-19-29(54)13-6-3-7-16-34(43(61)62)50-40(58)36(22-28-24-48-32-15-9-8-14-31(28)32)51-38(56)33(17-10-20-47-44(45)46)49-39(57)35(21-27-11-4-2-5-12-27)52-41(59)37-23-30(55)25-53(37)42(26)60/h2,4-5,8-9,11-12,14-15,24,26,30,33-37,48,55H,3,6-7,10,13,16-23,25H2,1H3,(H,49,57)(H,50,58)(H,51,56)(H,52,59)(H,61,62)(H4,45,46,47)/t26-,30+,33-,34-,35+,36-,37-/m0/s1. The van der Waals surface area contributed by atoms with E-state index in [4.69, 9.17) is 11.5 Å². The number of aromatic nitrogens is 1. The summed E-state index contributed by atoms with van der Waals surface area (Å²) in [7, 11) is 0. The lowest BCUT2D eigenvalue weighted by Gasteiger charge is -2.29. The van der Waals surface area contributed by atoms with Gasteiger partial charge in [0.15, 0.2) is 5.96 Å². The van der Waals surface area contributed by atoms with Crippen LogP contribution >= 0.6 is 0 Å². The van der Waals surface area contributed by atoms with Gasteiger partial charge >= 0.3 is 5.97 Å². The number of aromatic amines is 1. The van der Waals surface area contributed by atoms with Gasteiger partial charge in [0.1, 0.15) is 36.0 Å². The summed E-state index contributed by atoms with van der Waals surface area (Å²) in [6, 6.07) is 9.95. The summed E-state index contributed by atoms with van der Waals surface area (Å²) in [5, 5.41) is 32.5. The van der Waals surface area contributed by atoms with Crippen molar-refractivity contribution in [2.75, 3.05) is 13.1 Å². The van der Waals surface area contributed by atoms with Gasteiger partial charge in [-0.2, -0.15) is 0 Å². The third-order valence-corrected chi connectivity index (χ3v) is 11.4. The van der Waals surface area contributed by atoms with E-state index in [-0.39, 0.29) is 82.6 Å². The first-order valence-electron chi connectivity index (χ1n) is 21.3. The van der Waals surface area contributed by atoms with Crippen LogP contribution in [0.1, 0.15) is 82.3 Å². The van der Waals surface area contributed by atoms with Crippen molar-refractivity contribution in [1.29, 1.82) is 0 Å². The second-order valence-electron chi connectivity index (χ2n) is 16.3. The van der Waals surface area contributed by atoms with Crippen molar-refractivity contribution in [1.82, 2.24) is 31.2 Å². The largest absolute Gasteiger partial charge is 0.480 e. The molecule has 1 aromatic heterocycles. The van der Waals surface area contributed by atoms with Crippen molar-refractivity contribution in [3.8, 4) is 0 Å². The third-order valence-electron chi connectivity index (χ3n) is 11.4. The van der Waals surface area contributed by atoms with Gasteiger partial charge in [-0.1, -0.05) is 68.3 Å². The molecule has 2 aliphatic heterocycles. The molecule has 2 saturated heterocycles. The highest BCUT2D eigenvalue weighted by Crippen LogP contribution is 2.24. The molecule has 7 atom stereocenters. The molecule has 0 radical (unpaired) electrons. The van der Waals surface area contributed by atoms with E-state index < -0.39 is 77.7 Å². The van der Waals surface area contributed by atoms with Crippen LogP contribution in [0.5, 0.6) is 0 Å². The molecule has 2 aliphatic rings. The van der Waals surface area contributed by atoms with Gasteiger partial charge in [-0.3, -0.25) is 33.8 Å². The fraction of sp³-hybridized carbons (Fsp3) is 0.500. The van der Waals surface area contributed by atoms with Gasteiger partial charge in [0.2, 0.25) is 29.5 Å². The van der Waals surface area contributed by atoms with Gasteiger partial charge in [0.25, 0.3) is 0 Å². The maximum atomic E-state index is 14.4. The number of fused-ring (bicyclic) bond motifs is 2. The number of nitrogens with one attached hydrogen (secondary N) is 5. The zero-order valence-corrected chi connectivity index (χ0v) is 35.0. The minimum atomic E-state index is -1.30. The van der Waals surface area contributed by atoms with Crippen LogP contribution in [0.15, 0.2) is 65.8 Å². The second kappa shape index (κ2) is 22.5. The molecule has 0 aliphatic carbocycles. The first-order valence-corrected chi connectivity index (χ1v) is 21.3. The van der Waals surface area contributed by atoms with Crippen LogP contribution in [-0.4, -0.2) is 117 Å². The predicted octanol–water partition coefficient (Wildman–Crippen LogP) is 0.942. The first kappa shape index (κ1) is 46.8. The molecule has 0 unspecified atom stereocenters. The van der Waals surface area contributed by atoms with Gasteiger partial charge < -0.3 is 52.8 Å². The second-order valence-corrected chi connectivity index (χ2v) is 16.3. The van der Waals surface area contributed by atoms with E-state index in [0.29, 0.717) is 30.4 Å². The Morgan fingerprint density at radius 3 is 2.19 bits per heavy atom. The number of rotatable bonds is 9. The number of carbonyl (C=O) groups excluding carboxylic acids is 6. The molecule has 334 valence electrons. The Kier molecular flexibility index (Phi) is 17.0. The lowest BCUT2D eigenvalue weighted by molar-refractivity contribution is -0.143. The third kappa shape index (κ3) is 13.3. The molecule has 11 N–H and O–H groups in total. The number of aliphatic imine (C=N–C) groups is 1. The Balaban J connectivity index is 1.49. The Bertz CT molecular complexity index is 2090. The van der Waals surface area contributed by atoms with Crippen molar-refractivity contribution in [2.45, 2.75) is 120 Å². The fourth-order valence-corrected chi connectivity index (χ4v) is 7.97. The highest BCUT2D eigenvalue weighted by molar-refractivity contribution is 5.97. The van der Waals surface area contributed by atoms with E-state index in [1.165, 1.54) is 4.90 Å². The highest BCUT2D eigenvalue weighted by atomic mass is 16.4. The smallest absolute Gasteiger partial charge is 0.326 e. The number of amides is 5. The van der Waals surface area contributed by atoms with Crippen LogP contribution in [0.4, 0.5) is 0 Å². The summed E-state index contributed by atoms with van der Waals surface area (Å²) in [5.41, 5.74) is 13.2.